The third-order valence-corrected chi connectivity index (χ3v) is 8.12. The number of hydrogen-bond acceptors (Lipinski definition) is 10. The van der Waals surface area contributed by atoms with Gasteiger partial charge in [-0.15, -0.1) is 0 Å². The molecule has 0 aromatic heterocycles. The molecule has 1 aromatic carbocycles. The molecule has 41 heavy (non-hydrogen) atoms. The molecule has 2 aliphatic heterocycles. The highest BCUT2D eigenvalue weighted by molar-refractivity contribution is 8.00. The summed E-state index contributed by atoms with van der Waals surface area (Å²) >= 11 is 1.90. The van der Waals surface area contributed by atoms with Crippen molar-refractivity contribution in [2.45, 2.75) is 68.7 Å². The van der Waals surface area contributed by atoms with Crippen LogP contribution in [0.1, 0.15) is 50.5 Å². The fraction of sp³-hybridized carbons (Fsp3) is 0.679. The largest absolute Gasteiger partial charge is 0.508 e. The van der Waals surface area contributed by atoms with Crippen molar-refractivity contribution in [2.24, 2.45) is 0 Å². The number of amides is 3. The first-order valence-corrected chi connectivity index (χ1v) is 15.2. The number of carbonyl (C=O) groups excluding carboxylic acids is 4. The van der Waals surface area contributed by atoms with Gasteiger partial charge in [0.2, 0.25) is 5.91 Å². The van der Waals surface area contributed by atoms with E-state index in [0.29, 0.717) is 57.9 Å². The number of phenolic OH excluding ortho intramolecular Hbond substituents is 2. The Labute approximate surface area is 245 Å². The van der Waals surface area contributed by atoms with E-state index < -0.39 is 0 Å². The summed E-state index contributed by atoms with van der Waals surface area (Å²) in [6.45, 7) is 3.67. The zero-order valence-electron chi connectivity index (χ0n) is 23.4. The molecule has 0 unspecified atom stereocenters. The number of aromatic hydroxyl groups is 2. The maximum Gasteiger partial charge on any atom is 0.373 e. The summed E-state index contributed by atoms with van der Waals surface area (Å²) in [7, 11) is 0. The fourth-order valence-corrected chi connectivity index (χ4v) is 6.22. The van der Waals surface area contributed by atoms with Gasteiger partial charge in [-0.1, -0.05) is 12.8 Å². The number of rotatable bonds is 20. The number of ether oxygens (including phenoxy) is 3. The molecule has 2 aliphatic rings. The molecule has 2 saturated heterocycles. The predicted octanol–water partition coefficient (Wildman–Crippen LogP) is 2.12. The molecule has 0 aliphatic carbocycles. The smallest absolute Gasteiger partial charge is 0.373 e. The van der Waals surface area contributed by atoms with Crippen molar-refractivity contribution in [2.75, 3.05) is 51.9 Å². The minimum atomic E-state index is -0.0576. The maximum atomic E-state index is 12.0. The highest BCUT2D eigenvalue weighted by Gasteiger charge is 2.42. The van der Waals surface area contributed by atoms with Crippen LogP contribution in [-0.4, -0.2) is 97.6 Å². The van der Waals surface area contributed by atoms with E-state index in [-0.39, 0.29) is 41.7 Å². The first-order valence-electron chi connectivity index (χ1n) is 14.1. The molecule has 13 heteroatoms. The molecule has 2 heterocycles. The second-order valence-electron chi connectivity index (χ2n) is 9.81. The third-order valence-electron chi connectivity index (χ3n) is 6.61. The van der Waals surface area contributed by atoms with Crippen molar-refractivity contribution in [3.8, 4) is 11.5 Å². The predicted molar refractivity (Wildman–Crippen MR) is 152 cm³/mol. The average molecular weight is 598 g/mol. The van der Waals surface area contributed by atoms with Crippen molar-refractivity contribution in [1.82, 2.24) is 16.0 Å². The van der Waals surface area contributed by atoms with Crippen LogP contribution in [0, 0.1) is 0 Å². The molecule has 0 saturated carbocycles. The van der Waals surface area contributed by atoms with Gasteiger partial charge in [-0.25, -0.2) is 4.79 Å². The summed E-state index contributed by atoms with van der Waals surface area (Å²) in [5.41, 5.74) is 0.935. The zero-order valence-corrected chi connectivity index (χ0v) is 24.3. The zero-order chi connectivity index (χ0) is 29.7. The molecule has 1 aromatic rings. The number of benzene rings is 1. The molecule has 12 nitrogen and oxygen atoms in total. The Kier molecular flexibility index (Phi) is 17.6. The van der Waals surface area contributed by atoms with Crippen LogP contribution in [0.4, 0.5) is 4.79 Å². The summed E-state index contributed by atoms with van der Waals surface area (Å²) in [6.07, 6.45) is 7.37. The Bertz CT molecular complexity index is 926. The van der Waals surface area contributed by atoms with Gasteiger partial charge in [0.05, 0.1) is 45.1 Å². The summed E-state index contributed by atoms with van der Waals surface area (Å²) < 4.78 is 16.6. The molecule has 0 bridgehead atoms. The molecule has 2 fully saturated rings. The standard InChI is InChI=1S/C27H43N3O7S.CO2/c31-21-16-20(17-22(32)18-21)6-2-1-5-10-35-12-14-37-15-13-36-11-9-28-25(33)8-4-3-7-24-26-23(19-38-24)29-27(34)30-26;2-1-3/h16-18,23-24,26,31-32H,1-15,19H2,(H,28,33)(H2,29,30,34);/t23-,24-,26-;/m0./s1. The van der Waals surface area contributed by atoms with Crippen molar-refractivity contribution in [3.05, 3.63) is 23.8 Å². The van der Waals surface area contributed by atoms with E-state index in [1.54, 1.807) is 12.1 Å². The van der Waals surface area contributed by atoms with Gasteiger partial charge in [-0.3, -0.25) is 4.79 Å². The van der Waals surface area contributed by atoms with Gasteiger partial charge in [0, 0.05) is 36.6 Å². The molecule has 5 N–H and O–H groups in total. The Hall–Kier alpha value is -2.83. The Balaban J connectivity index is 0.00000187. The monoisotopic (exact) mass is 597 g/mol. The number of fused-ring (bicyclic) bond motifs is 1. The van der Waals surface area contributed by atoms with Gasteiger partial charge >= 0.3 is 12.2 Å². The Morgan fingerprint density at radius 3 is 2.27 bits per heavy atom. The lowest BCUT2D eigenvalue weighted by Crippen LogP contribution is -2.36. The Morgan fingerprint density at radius 2 is 1.56 bits per heavy atom. The lowest BCUT2D eigenvalue weighted by Gasteiger charge is -2.16. The third kappa shape index (κ3) is 15.1. The summed E-state index contributed by atoms with van der Waals surface area (Å²) in [4.78, 5) is 39.7. The number of hydrogen-bond donors (Lipinski definition) is 5. The van der Waals surface area contributed by atoms with Crippen LogP contribution in [0.5, 0.6) is 11.5 Å². The molecule has 0 radical (unpaired) electrons. The average Bonchev–Trinajstić information content (AvgIpc) is 3.48. The van der Waals surface area contributed by atoms with E-state index in [9.17, 15) is 19.8 Å². The molecule has 230 valence electrons. The fourth-order valence-electron chi connectivity index (χ4n) is 4.68. The number of thioether (sulfide) groups is 1. The van der Waals surface area contributed by atoms with Crippen LogP contribution in [0.25, 0.3) is 0 Å². The number of unbranched alkanes of at least 4 members (excludes halogenated alkanes) is 3. The van der Waals surface area contributed by atoms with Gasteiger partial charge in [-0.05, 0) is 49.8 Å². The summed E-state index contributed by atoms with van der Waals surface area (Å²) in [5, 5.41) is 28.3. The van der Waals surface area contributed by atoms with Gasteiger partial charge < -0.3 is 40.4 Å². The van der Waals surface area contributed by atoms with Crippen molar-refractivity contribution >= 4 is 29.9 Å². The molecular weight excluding hydrogens is 554 g/mol. The quantitative estimate of drug-likeness (QED) is 0.111. The van der Waals surface area contributed by atoms with Crippen molar-refractivity contribution < 1.29 is 43.6 Å². The van der Waals surface area contributed by atoms with E-state index in [2.05, 4.69) is 16.0 Å². The van der Waals surface area contributed by atoms with Crippen LogP contribution in [-0.2, 0) is 35.0 Å². The second kappa shape index (κ2) is 21.0. The number of phenols is 2. The SMILES string of the molecule is O=C(CCCC[C@@H]1SC[C@@H]2NC(=O)N[C@@H]21)NCCOCCOCCOCCCCCc1cc(O)cc(O)c1.O=C=O. The van der Waals surface area contributed by atoms with Crippen LogP contribution < -0.4 is 16.0 Å². The normalized spacial score (nSPS) is 18.9. The molecule has 0 spiro atoms. The number of urea groups is 1. The lowest BCUT2D eigenvalue weighted by atomic mass is 10.0. The van der Waals surface area contributed by atoms with Gasteiger partial charge in [-0.2, -0.15) is 21.4 Å². The van der Waals surface area contributed by atoms with Crippen LogP contribution >= 0.6 is 11.8 Å². The van der Waals surface area contributed by atoms with E-state index in [1.807, 2.05) is 11.8 Å². The van der Waals surface area contributed by atoms with Gasteiger partial charge in [0.25, 0.3) is 0 Å². The second-order valence-corrected chi connectivity index (χ2v) is 11.1. The van der Waals surface area contributed by atoms with Crippen LogP contribution in [0.15, 0.2) is 18.2 Å². The summed E-state index contributed by atoms with van der Waals surface area (Å²) in [5.74, 6) is 1.20. The maximum absolute atomic E-state index is 12.0. The van der Waals surface area contributed by atoms with Crippen LogP contribution in [0.3, 0.4) is 0 Å². The molecule has 3 rings (SSSR count). The number of aryl methyl sites for hydroxylation is 1. The first kappa shape index (κ1) is 34.4. The topological polar surface area (TPSA) is 173 Å². The minimum Gasteiger partial charge on any atom is -0.508 e. The Morgan fingerprint density at radius 1 is 0.902 bits per heavy atom. The molecular formula is C28H43N3O9S. The van der Waals surface area contributed by atoms with E-state index >= 15 is 0 Å². The van der Waals surface area contributed by atoms with Crippen molar-refractivity contribution in [1.29, 1.82) is 0 Å². The van der Waals surface area contributed by atoms with Crippen LogP contribution in [0.2, 0.25) is 0 Å². The number of nitrogens with one attached hydrogen (secondary N) is 3. The van der Waals surface area contributed by atoms with Gasteiger partial charge in [0.1, 0.15) is 11.5 Å². The van der Waals surface area contributed by atoms with Crippen molar-refractivity contribution in [3.63, 3.8) is 0 Å². The first-order chi connectivity index (χ1) is 19.9. The summed E-state index contributed by atoms with van der Waals surface area (Å²) in [6, 6.07) is 5.11. The van der Waals surface area contributed by atoms with E-state index in [0.717, 1.165) is 56.3 Å². The number of carbonyl (C=O) groups is 2. The highest BCUT2D eigenvalue weighted by atomic mass is 32.2. The molecule has 3 atom stereocenters. The van der Waals surface area contributed by atoms with E-state index in [4.69, 9.17) is 23.8 Å². The van der Waals surface area contributed by atoms with Gasteiger partial charge in [0.15, 0.2) is 0 Å². The van der Waals surface area contributed by atoms with E-state index in [1.165, 1.54) is 6.07 Å². The molecule has 3 amide bonds. The lowest BCUT2D eigenvalue weighted by molar-refractivity contribution is -0.191. The minimum absolute atomic E-state index is 0.0495. The highest BCUT2D eigenvalue weighted by Crippen LogP contribution is 2.33.